The van der Waals surface area contributed by atoms with Crippen LogP contribution in [0.25, 0.3) is 0 Å². The first-order valence-corrected chi connectivity index (χ1v) is 3.47. The van der Waals surface area contributed by atoms with Crippen LogP contribution in [0.2, 0.25) is 0 Å². The number of aliphatic hydroxyl groups excluding tert-OH is 1. The molecule has 0 bridgehead atoms. The zero-order valence-corrected chi connectivity index (χ0v) is 7.65. The molecule has 0 heterocycles. The maximum Gasteiger partial charge on any atom is 0.327 e. The molecule has 0 aromatic rings. The van der Waals surface area contributed by atoms with E-state index in [0.29, 0.717) is 0 Å². The molecule has 76 valence electrons. The van der Waals surface area contributed by atoms with E-state index in [9.17, 15) is 9.59 Å². The number of hydrogen-bond acceptors (Lipinski definition) is 3. The van der Waals surface area contributed by atoms with E-state index in [1.54, 1.807) is 0 Å². The summed E-state index contributed by atoms with van der Waals surface area (Å²) in [5, 5.41) is 24.3. The van der Waals surface area contributed by atoms with Gasteiger partial charge in [-0.2, -0.15) is 0 Å². The van der Waals surface area contributed by atoms with Crippen molar-refractivity contribution in [2.24, 2.45) is 5.41 Å². The molecule has 0 unspecified atom stereocenters. The van der Waals surface area contributed by atoms with Crippen LogP contribution in [0.3, 0.4) is 0 Å². The normalized spacial score (nSPS) is 9.46. The van der Waals surface area contributed by atoms with Gasteiger partial charge in [0.25, 0.3) is 0 Å². The summed E-state index contributed by atoms with van der Waals surface area (Å²) in [6, 6.07) is 0. The summed E-state index contributed by atoms with van der Waals surface area (Å²) in [5.41, 5.74) is -0.986. The molecule has 0 aromatic heterocycles. The lowest BCUT2D eigenvalue weighted by atomic mass is 9.96. The molecule has 0 aromatic carbocycles. The second-order valence-electron chi connectivity index (χ2n) is 2.89. The number of rotatable bonds is 3. The standard InChI is InChI=1S/C5H10O3.C3H4O2/c1-5(2,3-6)4(7)8;1-2-3(4)5/h6H,3H2,1-2H3,(H,7,8);2H,1H2,(H,4,5). The number of carboxylic acids is 2. The van der Waals surface area contributed by atoms with Gasteiger partial charge in [0.05, 0.1) is 12.0 Å². The van der Waals surface area contributed by atoms with Gasteiger partial charge in [0.2, 0.25) is 0 Å². The summed E-state index contributed by atoms with van der Waals surface area (Å²) in [6.45, 7) is 5.58. The third-order valence-corrected chi connectivity index (χ3v) is 1.15. The van der Waals surface area contributed by atoms with E-state index in [4.69, 9.17) is 15.3 Å². The number of aliphatic carboxylic acids is 2. The molecule has 0 spiro atoms. The molecule has 0 radical (unpaired) electrons. The summed E-state index contributed by atoms with van der Waals surface area (Å²) in [4.78, 5) is 19.3. The molecule has 0 fully saturated rings. The molecule has 0 aliphatic carbocycles. The summed E-state index contributed by atoms with van der Waals surface area (Å²) in [5.74, 6) is -1.95. The van der Waals surface area contributed by atoms with Gasteiger partial charge >= 0.3 is 11.9 Å². The maximum absolute atomic E-state index is 10.1. The van der Waals surface area contributed by atoms with Gasteiger partial charge in [-0.3, -0.25) is 4.79 Å². The lowest BCUT2D eigenvalue weighted by Crippen LogP contribution is -2.27. The van der Waals surface area contributed by atoms with Gasteiger partial charge in [-0.05, 0) is 13.8 Å². The van der Waals surface area contributed by atoms with E-state index < -0.39 is 17.4 Å². The highest BCUT2D eigenvalue weighted by Gasteiger charge is 2.25. The molecule has 3 N–H and O–H groups in total. The van der Waals surface area contributed by atoms with Crippen LogP contribution in [0.15, 0.2) is 12.7 Å². The first-order chi connectivity index (χ1) is 5.77. The smallest absolute Gasteiger partial charge is 0.327 e. The lowest BCUT2D eigenvalue weighted by molar-refractivity contribution is -0.149. The fourth-order valence-electron chi connectivity index (χ4n) is 0.0676. The van der Waals surface area contributed by atoms with Gasteiger partial charge in [-0.15, -0.1) is 0 Å². The van der Waals surface area contributed by atoms with Gasteiger partial charge < -0.3 is 15.3 Å². The second kappa shape index (κ2) is 6.19. The van der Waals surface area contributed by atoms with Crippen LogP contribution in [0, 0.1) is 5.41 Å². The molecular formula is C8H14O5. The van der Waals surface area contributed by atoms with Crippen molar-refractivity contribution in [1.29, 1.82) is 0 Å². The highest BCUT2D eigenvalue weighted by Crippen LogP contribution is 2.12. The highest BCUT2D eigenvalue weighted by atomic mass is 16.4. The first kappa shape index (κ1) is 14.2. The van der Waals surface area contributed by atoms with Gasteiger partial charge in [0.15, 0.2) is 0 Å². The van der Waals surface area contributed by atoms with Crippen LogP contribution in [0.1, 0.15) is 13.8 Å². The molecule has 0 aliphatic heterocycles. The van der Waals surface area contributed by atoms with E-state index in [2.05, 4.69) is 6.58 Å². The molecule has 0 aliphatic rings. The maximum atomic E-state index is 10.1. The van der Waals surface area contributed by atoms with E-state index in [1.165, 1.54) is 13.8 Å². The Balaban J connectivity index is 0. The fourth-order valence-corrected chi connectivity index (χ4v) is 0.0676. The van der Waals surface area contributed by atoms with E-state index in [1.807, 2.05) is 0 Å². The largest absolute Gasteiger partial charge is 0.481 e. The summed E-state index contributed by atoms with van der Waals surface area (Å²) < 4.78 is 0. The molecule has 5 nitrogen and oxygen atoms in total. The molecule has 13 heavy (non-hydrogen) atoms. The molecule has 0 saturated carbocycles. The Morgan fingerprint density at radius 2 is 1.69 bits per heavy atom. The van der Waals surface area contributed by atoms with Crippen molar-refractivity contribution in [1.82, 2.24) is 0 Å². The van der Waals surface area contributed by atoms with Crippen LogP contribution >= 0.6 is 0 Å². The summed E-state index contributed by atoms with van der Waals surface area (Å²) in [6.07, 6.45) is 0.833. The first-order valence-electron chi connectivity index (χ1n) is 3.47. The van der Waals surface area contributed by atoms with Crippen molar-refractivity contribution in [3.8, 4) is 0 Å². The van der Waals surface area contributed by atoms with Crippen molar-refractivity contribution < 1.29 is 24.9 Å². The second-order valence-corrected chi connectivity index (χ2v) is 2.89. The van der Waals surface area contributed by atoms with E-state index >= 15 is 0 Å². The van der Waals surface area contributed by atoms with Crippen molar-refractivity contribution in [3.05, 3.63) is 12.7 Å². The van der Waals surface area contributed by atoms with Crippen LogP contribution in [0.4, 0.5) is 0 Å². The Morgan fingerprint density at radius 3 is 1.69 bits per heavy atom. The zero-order chi connectivity index (χ0) is 11.1. The van der Waals surface area contributed by atoms with Crippen LogP contribution in [-0.2, 0) is 9.59 Å². The van der Waals surface area contributed by atoms with Gasteiger partial charge in [-0.1, -0.05) is 6.58 Å². The Morgan fingerprint density at radius 1 is 1.38 bits per heavy atom. The number of carbonyl (C=O) groups is 2. The minimum atomic E-state index is -0.986. The fraction of sp³-hybridized carbons (Fsp3) is 0.500. The van der Waals surface area contributed by atoms with E-state index in [-0.39, 0.29) is 6.61 Å². The van der Waals surface area contributed by atoms with Crippen molar-refractivity contribution in [2.45, 2.75) is 13.8 Å². The van der Waals surface area contributed by atoms with Crippen molar-refractivity contribution in [3.63, 3.8) is 0 Å². The van der Waals surface area contributed by atoms with Crippen molar-refractivity contribution >= 4 is 11.9 Å². The quantitative estimate of drug-likeness (QED) is 0.558. The summed E-state index contributed by atoms with van der Waals surface area (Å²) in [7, 11) is 0. The van der Waals surface area contributed by atoms with Crippen LogP contribution in [0.5, 0.6) is 0 Å². The topological polar surface area (TPSA) is 94.8 Å². The third-order valence-electron chi connectivity index (χ3n) is 1.15. The molecule has 0 amide bonds. The van der Waals surface area contributed by atoms with Gasteiger partial charge in [0, 0.05) is 6.08 Å². The molecule has 5 heteroatoms. The Bertz CT molecular complexity index is 195. The predicted molar refractivity (Wildman–Crippen MR) is 46.3 cm³/mol. The predicted octanol–water partition coefficient (Wildman–Crippen LogP) is 0.347. The summed E-state index contributed by atoms with van der Waals surface area (Å²) >= 11 is 0. The molecule has 0 saturated heterocycles. The SMILES string of the molecule is C=CC(=O)O.CC(C)(CO)C(=O)O. The third kappa shape index (κ3) is 8.55. The number of hydrogen-bond donors (Lipinski definition) is 3. The van der Waals surface area contributed by atoms with Gasteiger partial charge in [0.1, 0.15) is 0 Å². The highest BCUT2D eigenvalue weighted by molar-refractivity contribution is 5.78. The minimum absolute atomic E-state index is 0.317. The van der Waals surface area contributed by atoms with Crippen LogP contribution in [-0.4, -0.2) is 33.9 Å². The molecule has 0 rings (SSSR count). The number of carboxylic acid groups (broad SMARTS) is 2. The zero-order valence-electron chi connectivity index (χ0n) is 7.65. The van der Waals surface area contributed by atoms with Crippen molar-refractivity contribution in [2.75, 3.05) is 6.61 Å². The lowest BCUT2D eigenvalue weighted by Gasteiger charge is -2.13. The Kier molecular flexibility index (Phi) is 6.75. The monoisotopic (exact) mass is 190 g/mol. The van der Waals surface area contributed by atoms with E-state index in [0.717, 1.165) is 6.08 Å². The minimum Gasteiger partial charge on any atom is -0.481 e. The Labute approximate surface area is 76.3 Å². The Hall–Kier alpha value is -1.36. The number of aliphatic hydroxyl groups is 1. The molecular weight excluding hydrogens is 176 g/mol. The average molecular weight is 190 g/mol. The van der Waals surface area contributed by atoms with Crippen LogP contribution < -0.4 is 0 Å². The average Bonchev–Trinajstić information content (AvgIpc) is 2.05. The molecule has 0 atom stereocenters. The van der Waals surface area contributed by atoms with Gasteiger partial charge in [-0.25, -0.2) is 4.79 Å².